The number of aromatic nitrogens is 4. The van der Waals surface area contributed by atoms with Crippen molar-refractivity contribution in [1.82, 2.24) is 20.2 Å². The molecule has 25 heavy (non-hydrogen) atoms. The molecule has 3 aromatic rings. The van der Waals surface area contributed by atoms with Crippen LogP contribution in [0.3, 0.4) is 0 Å². The summed E-state index contributed by atoms with van der Waals surface area (Å²) < 4.78 is 0. The lowest BCUT2D eigenvalue weighted by atomic mass is 10.0. The van der Waals surface area contributed by atoms with Gasteiger partial charge in [-0.2, -0.15) is 4.80 Å². The van der Waals surface area contributed by atoms with Gasteiger partial charge in [0, 0.05) is 22.8 Å². The van der Waals surface area contributed by atoms with Crippen molar-refractivity contribution in [1.29, 1.82) is 0 Å². The third kappa shape index (κ3) is 3.25. The predicted molar refractivity (Wildman–Crippen MR) is 95.4 cm³/mol. The highest BCUT2D eigenvalue weighted by atomic mass is 35.5. The summed E-state index contributed by atoms with van der Waals surface area (Å²) in [7, 11) is 0. The molecule has 0 saturated carbocycles. The van der Waals surface area contributed by atoms with Crippen LogP contribution in [0.15, 0.2) is 48.5 Å². The lowest BCUT2D eigenvalue weighted by molar-refractivity contribution is -0.119. The molecule has 7 heteroatoms. The molecule has 2 aromatic carbocycles. The fraction of sp³-hybridized carbons (Fsp3) is 0.222. The highest BCUT2D eigenvalue weighted by Gasteiger charge is 2.23. The molecule has 0 unspecified atom stereocenters. The van der Waals surface area contributed by atoms with E-state index in [4.69, 9.17) is 11.6 Å². The van der Waals surface area contributed by atoms with E-state index in [1.807, 2.05) is 48.5 Å². The Morgan fingerprint density at radius 1 is 1.16 bits per heavy atom. The molecule has 6 nitrogen and oxygen atoms in total. The van der Waals surface area contributed by atoms with Gasteiger partial charge in [-0.25, -0.2) is 0 Å². The molecule has 1 aliphatic heterocycles. The highest BCUT2D eigenvalue weighted by Crippen LogP contribution is 2.29. The molecular formula is C18H16ClN5O. The largest absolute Gasteiger partial charge is 0.310 e. The Balaban J connectivity index is 1.53. The molecule has 0 radical (unpaired) electrons. The minimum Gasteiger partial charge on any atom is -0.310 e. The number of carbonyl (C=O) groups excluding carboxylic acids is 1. The minimum atomic E-state index is -0.0553. The smallest absolute Gasteiger partial charge is 0.250 e. The molecule has 126 valence electrons. The maximum atomic E-state index is 12.7. The number of fused-ring (bicyclic) bond motifs is 1. The second-order valence-electron chi connectivity index (χ2n) is 5.93. The maximum Gasteiger partial charge on any atom is 0.250 e. The first-order chi connectivity index (χ1) is 12.2. The van der Waals surface area contributed by atoms with Gasteiger partial charge in [0.15, 0.2) is 0 Å². The van der Waals surface area contributed by atoms with Crippen LogP contribution in [0.5, 0.6) is 0 Å². The first kappa shape index (κ1) is 15.8. The molecular weight excluding hydrogens is 338 g/mol. The van der Waals surface area contributed by atoms with Crippen molar-refractivity contribution >= 4 is 23.2 Å². The topological polar surface area (TPSA) is 63.9 Å². The summed E-state index contributed by atoms with van der Waals surface area (Å²) in [6.07, 6.45) is 1.85. The van der Waals surface area contributed by atoms with Crippen LogP contribution >= 0.6 is 11.6 Å². The molecule has 4 rings (SSSR count). The standard InChI is InChI=1S/C18H16ClN5O/c19-15-8-9-16-14(11-15)7-4-10-23(16)17(25)12-24-21-18(20-22-24)13-5-2-1-3-6-13/h1-3,5-6,8-9,11H,4,7,10,12H2. The first-order valence-electron chi connectivity index (χ1n) is 8.13. The molecule has 1 aromatic heterocycles. The van der Waals surface area contributed by atoms with Gasteiger partial charge in [-0.15, -0.1) is 10.2 Å². The number of hydrogen-bond acceptors (Lipinski definition) is 4. The van der Waals surface area contributed by atoms with Gasteiger partial charge in [-0.05, 0) is 41.8 Å². The number of aryl methyl sites for hydroxylation is 1. The Bertz CT molecular complexity index is 909. The molecule has 0 saturated heterocycles. The molecule has 0 spiro atoms. The zero-order valence-corrected chi connectivity index (χ0v) is 14.2. The van der Waals surface area contributed by atoms with Crippen LogP contribution < -0.4 is 4.90 Å². The summed E-state index contributed by atoms with van der Waals surface area (Å²) in [5, 5.41) is 13.0. The Morgan fingerprint density at radius 3 is 2.84 bits per heavy atom. The van der Waals surface area contributed by atoms with Crippen LogP contribution in [0, 0.1) is 0 Å². The summed E-state index contributed by atoms with van der Waals surface area (Å²) >= 11 is 6.06. The van der Waals surface area contributed by atoms with Gasteiger partial charge in [0.05, 0.1) is 0 Å². The summed E-state index contributed by atoms with van der Waals surface area (Å²) in [5.74, 6) is 0.458. The molecule has 0 aliphatic carbocycles. The van der Waals surface area contributed by atoms with E-state index in [0.717, 1.165) is 29.7 Å². The molecule has 1 amide bonds. The predicted octanol–water partition coefficient (Wildman–Crippen LogP) is 2.97. The summed E-state index contributed by atoms with van der Waals surface area (Å²) in [4.78, 5) is 15.8. The number of benzene rings is 2. The van der Waals surface area contributed by atoms with Gasteiger partial charge in [0.25, 0.3) is 5.91 Å². The van der Waals surface area contributed by atoms with E-state index >= 15 is 0 Å². The van der Waals surface area contributed by atoms with Crippen molar-refractivity contribution in [3.8, 4) is 11.4 Å². The maximum absolute atomic E-state index is 12.7. The van der Waals surface area contributed by atoms with Gasteiger partial charge < -0.3 is 4.90 Å². The number of anilines is 1. The molecule has 0 atom stereocenters. The van der Waals surface area contributed by atoms with E-state index in [1.165, 1.54) is 4.80 Å². The van der Waals surface area contributed by atoms with Crippen LogP contribution in [-0.4, -0.2) is 32.7 Å². The van der Waals surface area contributed by atoms with Crippen molar-refractivity contribution in [3.63, 3.8) is 0 Å². The molecule has 0 N–H and O–H groups in total. The summed E-state index contributed by atoms with van der Waals surface area (Å²) in [5.41, 5.74) is 2.90. The van der Waals surface area contributed by atoms with Crippen LogP contribution in [0.2, 0.25) is 5.02 Å². The zero-order valence-electron chi connectivity index (χ0n) is 13.5. The summed E-state index contributed by atoms with van der Waals surface area (Å²) in [6, 6.07) is 15.2. The van der Waals surface area contributed by atoms with Crippen molar-refractivity contribution in [2.75, 3.05) is 11.4 Å². The van der Waals surface area contributed by atoms with E-state index in [1.54, 1.807) is 4.90 Å². The Kier molecular flexibility index (Phi) is 4.19. The quantitative estimate of drug-likeness (QED) is 0.726. The lowest BCUT2D eigenvalue weighted by Gasteiger charge is -2.29. The van der Waals surface area contributed by atoms with Crippen molar-refractivity contribution in [2.45, 2.75) is 19.4 Å². The lowest BCUT2D eigenvalue weighted by Crippen LogP contribution is -2.38. The molecule has 0 bridgehead atoms. The SMILES string of the molecule is O=C(Cn1nnc(-c2ccccc2)n1)N1CCCc2cc(Cl)ccc21. The first-order valence-corrected chi connectivity index (χ1v) is 8.50. The summed E-state index contributed by atoms with van der Waals surface area (Å²) in [6.45, 7) is 0.746. The number of nitrogens with zero attached hydrogens (tertiary/aromatic N) is 5. The molecule has 2 heterocycles. The number of tetrazole rings is 1. The normalized spacial score (nSPS) is 13.6. The van der Waals surface area contributed by atoms with E-state index in [0.29, 0.717) is 17.4 Å². The van der Waals surface area contributed by atoms with E-state index in [9.17, 15) is 4.79 Å². The number of amides is 1. The molecule has 0 fully saturated rings. The van der Waals surface area contributed by atoms with Crippen LogP contribution in [0.25, 0.3) is 11.4 Å². The number of halogens is 1. The Labute approximate surface area is 150 Å². The Morgan fingerprint density at radius 2 is 2.00 bits per heavy atom. The second kappa shape index (κ2) is 6.64. The number of rotatable bonds is 3. The number of hydrogen-bond donors (Lipinski definition) is 0. The number of carbonyl (C=O) groups is 1. The zero-order chi connectivity index (χ0) is 17.2. The molecule has 1 aliphatic rings. The Hall–Kier alpha value is -2.73. The van der Waals surface area contributed by atoms with E-state index in [2.05, 4.69) is 15.4 Å². The fourth-order valence-electron chi connectivity index (χ4n) is 3.04. The minimum absolute atomic E-state index is 0.0553. The average molecular weight is 354 g/mol. The van der Waals surface area contributed by atoms with Crippen molar-refractivity contribution in [2.24, 2.45) is 0 Å². The van der Waals surface area contributed by atoms with Crippen molar-refractivity contribution < 1.29 is 4.79 Å². The van der Waals surface area contributed by atoms with Gasteiger partial charge in [-0.1, -0.05) is 41.9 Å². The third-order valence-corrected chi connectivity index (χ3v) is 4.46. The fourth-order valence-corrected chi connectivity index (χ4v) is 3.24. The monoisotopic (exact) mass is 353 g/mol. The third-order valence-electron chi connectivity index (χ3n) is 4.22. The van der Waals surface area contributed by atoms with Crippen LogP contribution in [0.1, 0.15) is 12.0 Å². The van der Waals surface area contributed by atoms with Crippen LogP contribution in [-0.2, 0) is 17.8 Å². The van der Waals surface area contributed by atoms with E-state index < -0.39 is 0 Å². The highest BCUT2D eigenvalue weighted by molar-refractivity contribution is 6.30. The van der Waals surface area contributed by atoms with Crippen LogP contribution in [0.4, 0.5) is 5.69 Å². The van der Waals surface area contributed by atoms with Gasteiger partial charge in [0.1, 0.15) is 6.54 Å². The van der Waals surface area contributed by atoms with Gasteiger partial charge >= 0.3 is 0 Å². The van der Waals surface area contributed by atoms with Gasteiger partial charge in [0.2, 0.25) is 5.82 Å². The average Bonchev–Trinajstić information content (AvgIpc) is 3.10. The second-order valence-corrected chi connectivity index (χ2v) is 6.37. The van der Waals surface area contributed by atoms with Crippen molar-refractivity contribution in [3.05, 3.63) is 59.1 Å². The van der Waals surface area contributed by atoms with E-state index in [-0.39, 0.29) is 12.5 Å². The van der Waals surface area contributed by atoms with Gasteiger partial charge in [-0.3, -0.25) is 4.79 Å².